The normalized spacial score (nSPS) is 11.7. The Labute approximate surface area is 139 Å². The van der Waals surface area contributed by atoms with Gasteiger partial charge >= 0.3 is 5.97 Å². The molecule has 1 unspecified atom stereocenters. The van der Waals surface area contributed by atoms with E-state index in [4.69, 9.17) is 14.2 Å². The average molecular weight is 332 g/mol. The summed E-state index contributed by atoms with van der Waals surface area (Å²) in [5.41, 5.74) is 0.841. The lowest BCUT2D eigenvalue weighted by molar-refractivity contribution is -0.147. The molecular weight excluding hydrogens is 312 g/mol. The largest absolute Gasteiger partial charge is 0.497 e. The second kappa shape index (κ2) is 7.63. The molecule has 0 fully saturated rings. The van der Waals surface area contributed by atoms with Gasteiger partial charge in [0.1, 0.15) is 11.5 Å². The van der Waals surface area contributed by atoms with Crippen LogP contribution < -0.4 is 15.0 Å². The highest BCUT2D eigenvalue weighted by Crippen LogP contribution is 2.28. The van der Waals surface area contributed by atoms with Crippen molar-refractivity contribution >= 4 is 5.97 Å². The van der Waals surface area contributed by atoms with Crippen LogP contribution in [0.1, 0.15) is 19.9 Å². The molecule has 7 nitrogen and oxygen atoms in total. The van der Waals surface area contributed by atoms with Gasteiger partial charge in [-0.3, -0.25) is 4.79 Å². The number of benzene rings is 1. The summed E-state index contributed by atoms with van der Waals surface area (Å²) in [4.78, 5) is 23.9. The predicted molar refractivity (Wildman–Crippen MR) is 88.4 cm³/mol. The van der Waals surface area contributed by atoms with Gasteiger partial charge in [-0.1, -0.05) is 0 Å². The van der Waals surface area contributed by atoms with Crippen molar-refractivity contribution in [1.82, 2.24) is 9.78 Å². The van der Waals surface area contributed by atoms with Gasteiger partial charge in [0.05, 0.1) is 26.5 Å². The van der Waals surface area contributed by atoms with E-state index < -0.39 is 12.0 Å². The van der Waals surface area contributed by atoms with Crippen molar-refractivity contribution in [2.75, 3.05) is 20.8 Å². The Balaban J connectivity index is 2.48. The van der Waals surface area contributed by atoms with Crippen LogP contribution in [0, 0.1) is 0 Å². The predicted octanol–water partition coefficient (Wildman–Crippen LogP) is 2.05. The topological polar surface area (TPSA) is 79.7 Å². The minimum atomic E-state index is -0.815. The zero-order chi connectivity index (χ0) is 17.7. The molecule has 0 aliphatic carbocycles. The Morgan fingerprint density at radius 2 is 1.79 bits per heavy atom. The fourth-order valence-corrected chi connectivity index (χ4v) is 2.17. The lowest BCUT2D eigenvalue weighted by Crippen LogP contribution is -2.31. The third-order valence-electron chi connectivity index (χ3n) is 3.47. The quantitative estimate of drug-likeness (QED) is 0.753. The molecule has 7 heteroatoms. The SMILES string of the molecule is CCOC(=O)C(C)n1nc(-c2cc(OC)cc(OC)c2)ccc1=O. The van der Waals surface area contributed by atoms with E-state index in [0.29, 0.717) is 22.8 Å². The van der Waals surface area contributed by atoms with Gasteiger partial charge in [0, 0.05) is 17.7 Å². The zero-order valence-electron chi connectivity index (χ0n) is 14.1. The van der Waals surface area contributed by atoms with Crippen LogP contribution in [0.25, 0.3) is 11.3 Å². The van der Waals surface area contributed by atoms with Gasteiger partial charge in [0.15, 0.2) is 6.04 Å². The number of hydrogen-bond donors (Lipinski definition) is 0. The molecule has 0 saturated heterocycles. The van der Waals surface area contributed by atoms with E-state index in [0.717, 1.165) is 4.68 Å². The van der Waals surface area contributed by atoms with Gasteiger partial charge in [-0.25, -0.2) is 9.48 Å². The standard InChI is InChI=1S/C17H20N2O5/c1-5-24-17(21)11(2)19-16(20)7-6-15(18-19)12-8-13(22-3)10-14(9-12)23-4/h6-11H,5H2,1-4H3. The van der Waals surface area contributed by atoms with Crippen LogP contribution in [0.4, 0.5) is 0 Å². The molecule has 1 atom stereocenters. The molecule has 0 spiro atoms. The molecule has 128 valence electrons. The summed E-state index contributed by atoms with van der Waals surface area (Å²) in [5.74, 6) is 0.692. The number of carbonyl (C=O) groups excluding carboxylic acids is 1. The van der Waals surface area contributed by atoms with Crippen LogP contribution in [0.5, 0.6) is 11.5 Å². The summed E-state index contributed by atoms with van der Waals surface area (Å²) in [6.45, 7) is 3.52. The first-order chi connectivity index (χ1) is 11.5. The van der Waals surface area contributed by atoms with Crippen molar-refractivity contribution in [1.29, 1.82) is 0 Å². The smallest absolute Gasteiger partial charge is 0.330 e. The van der Waals surface area contributed by atoms with Crippen molar-refractivity contribution < 1.29 is 19.0 Å². The molecule has 0 aliphatic rings. The van der Waals surface area contributed by atoms with E-state index >= 15 is 0 Å². The first kappa shape index (κ1) is 17.5. The molecule has 0 N–H and O–H groups in total. The number of nitrogens with zero attached hydrogens (tertiary/aromatic N) is 2. The molecular formula is C17H20N2O5. The summed E-state index contributed by atoms with van der Waals surface area (Å²) in [6, 6.07) is 7.42. The highest BCUT2D eigenvalue weighted by Gasteiger charge is 2.19. The fraction of sp³-hybridized carbons (Fsp3) is 0.353. The third kappa shape index (κ3) is 3.73. The summed E-state index contributed by atoms with van der Waals surface area (Å²) < 4.78 is 16.5. The zero-order valence-corrected chi connectivity index (χ0v) is 14.1. The molecule has 24 heavy (non-hydrogen) atoms. The van der Waals surface area contributed by atoms with Crippen LogP contribution in [0.3, 0.4) is 0 Å². The maximum absolute atomic E-state index is 12.0. The summed E-state index contributed by atoms with van der Waals surface area (Å²) >= 11 is 0. The van der Waals surface area contributed by atoms with Gasteiger partial charge in [-0.15, -0.1) is 0 Å². The monoisotopic (exact) mass is 332 g/mol. The minimum Gasteiger partial charge on any atom is -0.497 e. The number of aromatic nitrogens is 2. The van der Waals surface area contributed by atoms with Crippen LogP contribution in [-0.4, -0.2) is 36.6 Å². The van der Waals surface area contributed by atoms with Crippen molar-refractivity contribution in [3.63, 3.8) is 0 Å². The maximum Gasteiger partial charge on any atom is 0.330 e. The maximum atomic E-state index is 12.0. The highest BCUT2D eigenvalue weighted by molar-refractivity contribution is 5.73. The fourth-order valence-electron chi connectivity index (χ4n) is 2.17. The molecule has 0 radical (unpaired) electrons. The Kier molecular flexibility index (Phi) is 5.57. The van der Waals surface area contributed by atoms with Crippen molar-refractivity contribution in [2.45, 2.75) is 19.9 Å². The molecule has 2 rings (SSSR count). The van der Waals surface area contributed by atoms with E-state index in [9.17, 15) is 9.59 Å². The molecule has 0 bridgehead atoms. The molecule has 1 aromatic heterocycles. The number of carbonyl (C=O) groups is 1. The first-order valence-corrected chi connectivity index (χ1v) is 7.50. The summed E-state index contributed by atoms with van der Waals surface area (Å²) in [7, 11) is 3.10. The molecule has 1 aromatic carbocycles. The average Bonchev–Trinajstić information content (AvgIpc) is 2.61. The van der Waals surface area contributed by atoms with Crippen LogP contribution in [0.2, 0.25) is 0 Å². The van der Waals surface area contributed by atoms with E-state index in [1.54, 1.807) is 52.3 Å². The Bertz CT molecular complexity index is 763. The number of rotatable bonds is 6. The second-order valence-corrected chi connectivity index (χ2v) is 5.03. The highest BCUT2D eigenvalue weighted by atomic mass is 16.5. The molecule has 0 saturated carbocycles. The van der Waals surface area contributed by atoms with Gasteiger partial charge < -0.3 is 14.2 Å². The van der Waals surface area contributed by atoms with Crippen LogP contribution >= 0.6 is 0 Å². The molecule has 0 aliphatic heterocycles. The lowest BCUT2D eigenvalue weighted by Gasteiger charge is -2.14. The van der Waals surface area contributed by atoms with E-state index in [1.807, 2.05) is 0 Å². The third-order valence-corrected chi connectivity index (χ3v) is 3.47. The van der Waals surface area contributed by atoms with Gasteiger partial charge in [-0.05, 0) is 32.0 Å². The minimum absolute atomic E-state index is 0.241. The molecule has 0 amide bonds. The Morgan fingerprint density at radius 3 is 2.33 bits per heavy atom. The second-order valence-electron chi connectivity index (χ2n) is 5.03. The van der Waals surface area contributed by atoms with Gasteiger partial charge in [-0.2, -0.15) is 5.10 Å². The summed E-state index contributed by atoms with van der Waals surface area (Å²) in [6.07, 6.45) is 0. The van der Waals surface area contributed by atoms with Crippen molar-refractivity contribution in [3.8, 4) is 22.8 Å². The molecule has 2 aromatic rings. The van der Waals surface area contributed by atoms with E-state index in [-0.39, 0.29) is 12.2 Å². The van der Waals surface area contributed by atoms with Crippen molar-refractivity contribution in [2.24, 2.45) is 0 Å². The van der Waals surface area contributed by atoms with E-state index in [1.165, 1.54) is 6.07 Å². The molecule has 1 heterocycles. The van der Waals surface area contributed by atoms with Crippen LogP contribution in [-0.2, 0) is 9.53 Å². The Morgan fingerprint density at radius 1 is 1.17 bits per heavy atom. The number of hydrogen-bond acceptors (Lipinski definition) is 6. The number of ether oxygens (including phenoxy) is 3. The van der Waals surface area contributed by atoms with Gasteiger partial charge in [0.2, 0.25) is 0 Å². The van der Waals surface area contributed by atoms with E-state index in [2.05, 4.69) is 5.10 Å². The Hall–Kier alpha value is -2.83. The lowest BCUT2D eigenvalue weighted by atomic mass is 10.1. The van der Waals surface area contributed by atoms with Crippen molar-refractivity contribution in [3.05, 3.63) is 40.7 Å². The summed E-state index contributed by atoms with van der Waals surface area (Å²) in [5, 5.41) is 4.29. The van der Waals surface area contributed by atoms with Gasteiger partial charge in [0.25, 0.3) is 5.56 Å². The number of methoxy groups -OCH3 is 2. The number of esters is 1. The first-order valence-electron chi connectivity index (χ1n) is 7.50. The van der Waals surface area contributed by atoms with Crippen LogP contribution in [0.15, 0.2) is 35.1 Å².